The number of esters is 1. The number of thiocarbonyl (C=S) groups is 1. The van der Waals surface area contributed by atoms with Crippen molar-refractivity contribution in [1.29, 1.82) is 0 Å². The summed E-state index contributed by atoms with van der Waals surface area (Å²) in [7, 11) is 1.59. The maximum atomic E-state index is 13.1. The van der Waals surface area contributed by atoms with E-state index in [0.717, 1.165) is 11.3 Å². The van der Waals surface area contributed by atoms with Crippen LogP contribution in [-0.2, 0) is 9.53 Å². The van der Waals surface area contributed by atoms with Crippen molar-refractivity contribution < 1.29 is 19.0 Å². The topological polar surface area (TPSA) is 60.0 Å². The summed E-state index contributed by atoms with van der Waals surface area (Å²) < 4.78 is 17.4. The van der Waals surface area contributed by atoms with Crippen molar-refractivity contribution in [2.75, 3.05) is 18.6 Å². The lowest BCUT2D eigenvalue weighted by Crippen LogP contribution is -2.71. The Balaban J connectivity index is 1.91. The standard InChI is InChI=1S/C21H21ClN2O4S/c1-4-27-19(25)16-17-14-6-5-7-15(26-3)18(14)28-21(16,2)24(20(29)23-17)13-10-8-12(22)9-11-13/h5-11,16-17H,4H2,1-3H3,(H,23,29)/t16-,17+,21-/m0/s1. The van der Waals surface area contributed by atoms with Gasteiger partial charge in [0.1, 0.15) is 5.92 Å². The van der Waals surface area contributed by atoms with E-state index in [-0.39, 0.29) is 12.6 Å². The number of fused-ring (bicyclic) bond motifs is 4. The van der Waals surface area contributed by atoms with Crippen molar-refractivity contribution >= 4 is 40.6 Å². The second-order valence-electron chi connectivity index (χ2n) is 7.00. The highest BCUT2D eigenvalue weighted by molar-refractivity contribution is 7.80. The molecule has 4 rings (SSSR count). The number of rotatable bonds is 4. The number of nitrogens with one attached hydrogen (secondary N) is 1. The molecule has 3 atom stereocenters. The van der Waals surface area contributed by atoms with Gasteiger partial charge in [-0.2, -0.15) is 0 Å². The zero-order chi connectivity index (χ0) is 20.8. The Bertz CT molecular complexity index is 968. The van der Waals surface area contributed by atoms with Gasteiger partial charge in [-0.05, 0) is 56.4 Å². The van der Waals surface area contributed by atoms with E-state index in [4.69, 9.17) is 38.0 Å². The number of carbonyl (C=O) groups is 1. The smallest absolute Gasteiger partial charge is 0.317 e. The van der Waals surface area contributed by atoms with E-state index in [1.165, 1.54) is 0 Å². The van der Waals surface area contributed by atoms with E-state index < -0.39 is 17.7 Å². The first-order chi connectivity index (χ1) is 13.9. The van der Waals surface area contributed by atoms with Crippen LogP contribution in [0.1, 0.15) is 25.5 Å². The Labute approximate surface area is 179 Å². The Morgan fingerprint density at radius 1 is 1.31 bits per heavy atom. The number of nitrogens with zero attached hydrogens (tertiary/aromatic N) is 1. The summed E-state index contributed by atoms with van der Waals surface area (Å²) in [6, 6.07) is 12.4. The Morgan fingerprint density at radius 3 is 2.69 bits per heavy atom. The molecule has 0 aliphatic carbocycles. The summed E-state index contributed by atoms with van der Waals surface area (Å²) in [5, 5.41) is 4.38. The maximum Gasteiger partial charge on any atom is 0.317 e. The van der Waals surface area contributed by atoms with Crippen LogP contribution in [0.3, 0.4) is 0 Å². The molecule has 152 valence electrons. The molecule has 2 aliphatic heterocycles. The van der Waals surface area contributed by atoms with Crippen LogP contribution in [0.25, 0.3) is 0 Å². The molecular formula is C21H21ClN2O4S. The van der Waals surface area contributed by atoms with Gasteiger partial charge in [0.2, 0.25) is 5.72 Å². The SMILES string of the molecule is CCOC(=O)[C@@H]1[C@@H]2NC(=S)N(c3ccc(Cl)cc3)[C@@]1(C)Oc1c(OC)cccc12. The molecule has 2 bridgehead atoms. The van der Waals surface area contributed by atoms with E-state index in [1.54, 1.807) is 31.1 Å². The van der Waals surface area contributed by atoms with Crippen LogP contribution in [0, 0.1) is 5.92 Å². The van der Waals surface area contributed by atoms with Crippen LogP contribution in [0.15, 0.2) is 42.5 Å². The van der Waals surface area contributed by atoms with Crippen molar-refractivity contribution in [3.8, 4) is 11.5 Å². The average molecular weight is 433 g/mol. The zero-order valence-electron chi connectivity index (χ0n) is 16.3. The minimum Gasteiger partial charge on any atom is -0.493 e. The summed E-state index contributed by atoms with van der Waals surface area (Å²) in [5.74, 6) is 0.149. The van der Waals surface area contributed by atoms with Crippen molar-refractivity contribution in [2.24, 2.45) is 5.92 Å². The maximum absolute atomic E-state index is 13.1. The number of carbonyl (C=O) groups excluding carboxylic acids is 1. The van der Waals surface area contributed by atoms with Crippen LogP contribution >= 0.6 is 23.8 Å². The van der Waals surface area contributed by atoms with Gasteiger partial charge in [0.25, 0.3) is 0 Å². The fourth-order valence-corrected chi connectivity index (χ4v) is 4.64. The molecular weight excluding hydrogens is 412 g/mol. The Morgan fingerprint density at radius 2 is 2.03 bits per heavy atom. The molecule has 1 N–H and O–H groups in total. The number of anilines is 1. The van der Waals surface area contributed by atoms with Crippen molar-refractivity contribution in [2.45, 2.75) is 25.6 Å². The van der Waals surface area contributed by atoms with E-state index in [2.05, 4.69) is 5.32 Å². The second kappa shape index (κ2) is 7.39. The number of hydrogen-bond acceptors (Lipinski definition) is 5. The summed E-state index contributed by atoms with van der Waals surface area (Å²) >= 11 is 11.7. The first kappa shape index (κ1) is 19.8. The number of methoxy groups -OCH3 is 1. The van der Waals surface area contributed by atoms with Gasteiger partial charge in [-0.25, -0.2) is 0 Å². The predicted octanol–water partition coefficient (Wildman–Crippen LogP) is 4.07. The van der Waals surface area contributed by atoms with E-state index in [0.29, 0.717) is 21.6 Å². The second-order valence-corrected chi connectivity index (χ2v) is 7.83. The van der Waals surface area contributed by atoms with Gasteiger partial charge in [0.05, 0.1) is 19.8 Å². The third-order valence-electron chi connectivity index (χ3n) is 5.33. The molecule has 1 saturated heterocycles. The molecule has 8 heteroatoms. The van der Waals surface area contributed by atoms with Gasteiger partial charge in [-0.15, -0.1) is 0 Å². The molecule has 6 nitrogen and oxygen atoms in total. The van der Waals surface area contributed by atoms with Crippen LogP contribution in [0.2, 0.25) is 5.02 Å². The van der Waals surface area contributed by atoms with Gasteiger partial charge in [0, 0.05) is 16.3 Å². The third-order valence-corrected chi connectivity index (χ3v) is 5.89. The molecule has 2 aromatic rings. The number of benzene rings is 2. The van der Waals surface area contributed by atoms with Crippen LogP contribution in [-0.4, -0.2) is 30.5 Å². The fraction of sp³-hybridized carbons (Fsp3) is 0.333. The molecule has 0 amide bonds. The average Bonchev–Trinajstić information content (AvgIpc) is 2.68. The lowest BCUT2D eigenvalue weighted by atomic mass is 9.79. The fourth-order valence-electron chi connectivity index (χ4n) is 4.10. The highest BCUT2D eigenvalue weighted by Gasteiger charge is 2.60. The van der Waals surface area contributed by atoms with Gasteiger partial charge < -0.3 is 19.5 Å². The normalized spacial score (nSPS) is 24.8. The third kappa shape index (κ3) is 3.09. The van der Waals surface area contributed by atoms with Crippen molar-refractivity contribution in [1.82, 2.24) is 5.32 Å². The molecule has 2 aromatic carbocycles. The van der Waals surface area contributed by atoms with Crippen molar-refractivity contribution in [3.05, 3.63) is 53.1 Å². The minimum absolute atomic E-state index is 0.272. The first-order valence-corrected chi connectivity index (χ1v) is 10.1. The Kier molecular flexibility index (Phi) is 5.04. The first-order valence-electron chi connectivity index (χ1n) is 9.29. The lowest BCUT2D eigenvalue weighted by Gasteiger charge is -2.55. The molecule has 1 fully saturated rings. The van der Waals surface area contributed by atoms with Gasteiger partial charge in [0.15, 0.2) is 16.6 Å². The minimum atomic E-state index is -1.13. The van der Waals surface area contributed by atoms with Crippen molar-refractivity contribution in [3.63, 3.8) is 0 Å². The Hall–Kier alpha value is -2.51. The zero-order valence-corrected chi connectivity index (χ0v) is 17.8. The summed E-state index contributed by atoms with van der Waals surface area (Å²) in [6.45, 7) is 3.90. The number of ether oxygens (including phenoxy) is 3. The number of para-hydroxylation sites is 1. The summed E-state index contributed by atoms with van der Waals surface area (Å²) in [4.78, 5) is 14.9. The molecule has 0 radical (unpaired) electrons. The lowest BCUT2D eigenvalue weighted by molar-refractivity contribution is -0.159. The molecule has 0 aromatic heterocycles. The van der Waals surface area contributed by atoms with E-state index in [9.17, 15) is 4.79 Å². The highest BCUT2D eigenvalue weighted by Crippen LogP contribution is 2.52. The number of halogens is 1. The molecule has 0 spiro atoms. The molecule has 2 heterocycles. The molecule has 0 unspecified atom stereocenters. The van der Waals surface area contributed by atoms with Gasteiger partial charge in [-0.3, -0.25) is 9.69 Å². The van der Waals surface area contributed by atoms with Gasteiger partial charge in [-0.1, -0.05) is 23.7 Å². The largest absolute Gasteiger partial charge is 0.493 e. The van der Waals surface area contributed by atoms with E-state index in [1.807, 2.05) is 37.3 Å². The van der Waals surface area contributed by atoms with Crippen LogP contribution < -0.4 is 19.7 Å². The van der Waals surface area contributed by atoms with Crippen LogP contribution in [0.5, 0.6) is 11.5 Å². The monoisotopic (exact) mass is 432 g/mol. The molecule has 0 saturated carbocycles. The van der Waals surface area contributed by atoms with E-state index >= 15 is 0 Å². The number of hydrogen-bond donors (Lipinski definition) is 1. The van der Waals surface area contributed by atoms with Gasteiger partial charge >= 0.3 is 5.97 Å². The predicted molar refractivity (Wildman–Crippen MR) is 115 cm³/mol. The molecule has 2 aliphatic rings. The quantitative estimate of drug-likeness (QED) is 0.577. The van der Waals surface area contributed by atoms with Crippen LogP contribution in [0.4, 0.5) is 5.69 Å². The summed E-state index contributed by atoms with van der Waals surface area (Å²) in [5.41, 5.74) is 0.424. The summed E-state index contributed by atoms with van der Waals surface area (Å²) in [6.07, 6.45) is 0. The highest BCUT2D eigenvalue weighted by atomic mass is 35.5. The molecule has 29 heavy (non-hydrogen) atoms.